The third kappa shape index (κ3) is 5.00. The summed E-state index contributed by atoms with van der Waals surface area (Å²) < 4.78 is 46.0. The van der Waals surface area contributed by atoms with E-state index in [2.05, 4.69) is 5.32 Å². The Morgan fingerprint density at radius 1 is 1.00 bits per heavy atom. The van der Waals surface area contributed by atoms with E-state index in [1.54, 1.807) is 0 Å². The highest BCUT2D eigenvalue weighted by Gasteiger charge is 2.62. The lowest BCUT2D eigenvalue weighted by Gasteiger charge is -2.28. The number of pyridine rings is 1. The maximum absolute atomic E-state index is 14.0. The van der Waals surface area contributed by atoms with Gasteiger partial charge in [0.2, 0.25) is 10.0 Å². The SMILES string of the molecule is O=C(NC1CCN(S(=O)(=O)c2cccc3c(=O)n(COC(=O)c4ccoc4)ccc23)C12CC2)OCc1ccccc1. The molecule has 1 amide bonds. The number of carbonyl (C=O) groups is 2. The molecule has 3 heterocycles. The Bertz CT molecular complexity index is 1760. The van der Waals surface area contributed by atoms with Crippen LogP contribution in [-0.2, 0) is 32.8 Å². The van der Waals surface area contributed by atoms with Gasteiger partial charge < -0.3 is 19.2 Å². The Kier molecular flexibility index (Phi) is 6.88. The fourth-order valence-electron chi connectivity index (χ4n) is 5.44. The minimum atomic E-state index is -4.02. The van der Waals surface area contributed by atoms with Crippen molar-refractivity contribution in [2.24, 2.45) is 0 Å². The van der Waals surface area contributed by atoms with Gasteiger partial charge in [0.05, 0.1) is 28.3 Å². The van der Waals surface area contributed by atoms with Gasteiger partial charge in [-0.3, -0.25) is 9.36 Å². The maximum atomic E-state index is 14.0. The van der Waals surface area contributed by atoms with E-state index in [-0.39, 0.29) is 41.1 Å². The Morgan fingerprint density at radius 3 is 2.54 bits per heavy atom. The molecule has 1 atom stereocenters. The molecule has 1 unspecified atom stereocenters. The van der Waals surface area contributed by atoms with Crippen LogP contribution in [-0.4, -0.2) is 47.5 Å². The second-order valence-corrected chi connectivity index (χ2v) is 11.9. The van der Waals surface area contributed by atoms with E-state index in [1.165, 1.54) is 57.9 Å². The minimum absolute atomic E-state index is 0.00761. The number of fused-ring (bicyclic) bond motifs is 1. The van der Waals surface area contributed by atoms with E-state index >= 15 is 0 Å². The minimum Gasteiger partial charge on any atom is -0.472 e. The summed E-state index contributed by atoms with van der Waals surface area (Å²) in [6.07, 6.45) is 5.04. The number of benzene rings is 2. The topological polar surface area (TPSA) is 137 Å². The van der Waals surface area contributed by atoms with E-state index in [1.807, 2.05) is 30.3 Å². The van der Waals surface area contributed by atoms with Gasteiger partial charge in [-0.25, -0.2) is 18.0 Å². The Hall–Kier alpha value is -4.42. The fraction of sp³-hybridized carbons (Fsp3) is 0.276. The number of alkyl carbamates (subject to hydrolysis) is 1. The van der Waals surface area contributed by atoms with Gasteiger partial charge in [0, 0.05) is 23.5 Å². The molecule has 2 aromatic carbocycles. The van der Waals surface area contributed by atoms with Crippen LogP contribution in [0.25, 0.3) is 10.8 Å². The van der Waals surface area contributed by atoms with Gasteiger partial charge in [-0.05, 0) is 49.1 Å². The molecule has 1 aliphatic carbocycles. The number of amides is 1. The van der Waals surface area contributed by atoms with Crippen molar-refractivity contribution in [3.05, 3.63) is 101 Å². The lowest BCUT2D eigenvalue weighted by molar-refractivity contribution is 0.0366. The second-order valence-electron chi connectivity index (χ2n) is 10.1. The Morgan fingerprint density at radius 2 is 1.80 bits per heavy atom. The molecule has 6 rings (SSSR count). The van der Waals surface area contributed by atoms with Crippen LogP contribution in [0.3, 0.4) is 0 Å². The molecular weight excluding hydrogens is 550 g/mol. The van der Waals surface area contributed by atoms with Crippen LogP contribution in [0.15, 0.2) is 93.5 Å². The number of furan rings is 1. The smallest absolute Gasteiger partial charge is 0.407 e. The number of hydrogen-bond acceptors (Lipinski definition) is 8. The van der Waals surface area contributed by atoms with E-state index in [0.29, 0.717) is 19.3 Å². The van der Waals surface area contributed by atoms with Crippen molar-refractivity contribution in [3.8, 4) is 0 Å². The lowest BCUT2D eigenvalue weighted by atomic mass is 10.1. The lowest BCUT2D eigenvalue weighted by Crippen LogP contribution is -2.48. The molecule has 1 aliphatic heterocycles. The number of nitrogens with one attached hydrogen (secondary N) is 1. The number of sulfonamides is 1. The molecule has 4 aromatic rings. The van der Waals surface area contributed by atoms with E-state index in [4.69, 9.17) is 13.9 Å². The van der Waals surface area contributed by atoms with Crippen LogP contribution < -0.4 is 10.9 Å². The predicted octanol–water partition coefficient (Wildman–Crippen LogP) is 3.63. The Labute approximate surface area is 235 Å². The molecule has 1 saturated carbocycles. The third-order valence-electron chi connectivity index (χ3n) is 7.67. The molecule has 12 heteroatoms. The van der Waals surface area contributed by atoms with Crippen molar-refractivity contribution in [2.75, 3.05) is 6.54 Å². The zero-order valence-electron chi connectivity index (χ0n) is 21.9. The van der Waals surface area contributed by atoms with Crippen LogP contribution >= 0.6 is 0 Å². The average Bonchev–Trinajstić information content (AvgIpc) is 3.40. The predicted molar refractivity (Wildman–Crippen MR) is 146 cm³/mol. The molecular formula is C29H27N3O8S. The molecule has 2 aliphatic rings. The summed E-state index contributed by atoms with van der Waals surface area (Å²) in [4.78, 5) is 37.9. The molecule has 1 saturated heterocycles. The van der Waals surface area contributed by atoms with E-state index in [0.717, 1.165) is 5.56 Å². The van der Waals surface area contributed by atoms with Crippen LogP contribution in [0.5, 0.6) is 0 Å². The summed E-state index contributed by atoms with van der Waals surface area (Å²) >= 11 is 0. The van der Waals surface area contributed by atoms with Crippen molar-refractivity contribution >= 4 is 32.9 Å². The number of aromatic nitrogens is 1. The third-order valence-corrected chi connectivity index (χ3v) is 9.71. The average molecular weight is 578 g/mol. The molecule has 212 valence electrons. The number of esters is 1. The number of hydrogen-bond donors (Lipinski definition) is 1. The summed E-state index contributed by atoms with van der Waals surface area (Å²) in [5.74, 6) is -0.655. The van der Waals surface area contributed by atoms with E-state index in [9.17, 15) is 22.8 Å². The molecule has 41 heavy (non-hydrogen) atoms. The first-order valence-electron chi connectivity index (χ1n) is 13.1. The van der Waals surface area contributed by atoms with Gasteiger partial charge in [0.15, 0.2) is 6.73 Å². The van der Waals surface area contributed by atoms with Crippen molar-refractivity contribution in [3.63, 3.8) is 0 Å². The monoisotopic (exact) mass is 577 g/mol. The van der Waals surface area contributed by atoms with Crippen LogP contribution in [0, 0.1) is 0 Å². The van der Waals surface area contributed by atoms with Crippen molar-refractivity contribution in [1.82, 2.24) is 14.2 Å². The quantitative estimate of drug-likeness (QED) is 0.314. The van der Waals surface area contributed by atoms with E-state index < -0.39 is 39.2 Å². The molecule has 2 aromatic heterocycles. The number of ether oxygens (including phenoxy) is 2. The highest BCUT2D eigenvalue weighted by Crippen LogP contribution is 2.52. The summed E-state index contributed by atoms with van der Waals surface area (Å²) in [5, 5.41) is 3.32. The van der Waals surface area contributed by atoms with Crippen molar-refractivity contribution in [1.29, 1.82) is 0 Å². The standard InChI is InChI=1S/C29H27N3O8S/c33-26-23-7-4-8-24(22(23)9-14-31(26)19-40-27(34)21-11-16-38-18-21)41(36,37)32-15-10-25(29(32)12-13-29)30-28(35)39-17-20-5-2-1-3-6-20/h1-9,11,14,16,18,25H,10,12-13,15,17,19H2,(H,30,35). The first-order chi connectivity index (χ1) is 19.8. The van der Waals surface area contributed by atoms with Crippen LogP contribution in [0.4, 0.5) is 4.79 Å². The molecule has 0 radical (unpaired) electrons. The summed E-state index contributed by atoms with van der Waals surface area (Å²) in [7, 11) is -4.02. The number of rotatable bonds is 8. The van der Waals surface area contributed by atoms with Gasteiger partial charge in [-0.15, -0.1) is 0 Å². The molecule has 11 nitrogen and oxygen atoms in total. The van der Waals surface area contributed by atoms with Gasteiger partial charge in [0.1, 0.15) is 12.9 Å². The van der Waals surface area contributed by atoms with Gasteiger partial charge >= 0.3 is 12.1 Å². The second kappa shape index (κ2) is 10.5. The van der Waals surface area contributed by atoms with Crippen molar-refractivity contribution < 1.29 is 31.9 Å². The molecule has 2 fully saturated rings. The van der Waals surface area contributed by atoms with Gasteiger partial charge in [0.25, 0.3) is 5.56 Å². The zero-order valence-corrected chi connectivity index (χ0v) is 22.7. The summed E-state index contributed by atoms with van der Waals surface area (Å²) in [6, 6.07) is 16.4. The van der Waals surface area contributed by atoms with Crippen molar-refractivity contribution in [2.45, 2.75) is 49.1 Å². The fourth-order valence-corrected chi connectivity index (χ4v) is 7.52. The van der Waals surface area contributed by atoms with Gasteiger partial charge in [-0.2, -0.15) is 4.31 Å². The number of nitrogens with zero attached hydrogens (tertiary/aromatic N) is 2. The zero-order chi connectivity index (χ0) is 28.6. The highest BCUT2D eigenvalue weighted by molar-refractivity contribution is 7.89. The molecule has 0 bridgehead atoms. The normalized spacial score (nSPS) is 17.9. The maximum Gasteiger partial charge on any atom is 0.407 e. The Balaban J connectivity index is 1.19. The van der Waals surface area contributed by atoms with Crippen LogP contribution in [0.1, 0.15) is 35.2 Å². The highest BCUT2D eigenvalue weighted by atomic mass is 32.2. The molecule has 1 spiro atoms. The first kappa shape index (κ1) is 26.8. The summed E-state index contributed by atoms with van der Waals surface area (Å²) in [6.45, 7) is -0.00737. The number of carbonyl (C=O) groups excluding carboxylic acids is 2. The van der Waals surface area contributed by atoms with Gasteiger partial charge in [-0.1, -0.05) is 36.4 Å². The van der Waals surface area contributed by atoms with Crippen LogP contribution in [0.2, 0.25) is 0 Å². The first-order valence-corrected chi connectivity index (χ1v) is 14.6. The largest absolute Gasteiger partial charge is 0.472 e. The summed E-state index contributed by atoms with van der Waals surface area (Å²) in [5.41, 5.74) is -0.166. The molecule has 1 N–H and O–H groups in total.